The molecular formula is C16H20ClN3O2. The predicted octanol–water partition coefficient (Wildman–Crippen LogP) is 2.85. The van der Waals surface area contributed by atoms with Crippen LogP contribution < -0.4 is 15.8 Å². The zero-order valence-corrected chi connectivity index (χ0v) is 13.4. The highest BCUT2D eigenvalue weighted by Crippen LogP contribution is 2.36. The van der Waals surface area contributed by atoms with Crippen LogP contribution in [-0.4, -0.2) is 23.5 Å². The topological polar surface area (TPSA) is 77.2 Å². The third-order valence-electron chi connectivity index (χ3n) is 2.95. The molecule has 118 valence electrons. The number of nitrogens with one attached hydrogen (secondary N) is 1. The Kier molecular flexibility index (Phi) is 6.82. The van der Waals surface area contributed by atoms with Crippen molar-refractivity contribution in [1.29, 1.82) is 0 Å². The Morgan fingerprint density at radius 3 is 2.73 bits per heavy atom. The second-order valence-electron chi connectivity index (χ2n) is 4.63. The zero-order valence-electron chi connectivity index (χ0n) is 12.6. The number of hydrogen-bond acceptors (Lipinski definition) is 4. The first-order chi connectivity index (χ1) is 10.1. The molecule has 0 aliphatic heterocycles. The van der Waals surface area contributed by atoms with Crippen molar-refractivity contribution in [3.05, 3.63) is 42.7 Å². The van der Waals surface area contributed by atoms with Crippen LogP contribution in [0.15, 0.2) is 42.7 Å². The van der Waals surface area contributed by atoms with Crippen LogP contribution in [-0.2, 0) is 4.79 Å². The minimum absolute atomic E-state index is 0. The van der Waals surface area contributed by atoms with Crippen LogP contribution in [0.3, 0.4) is 0 Å². The van der Waals surface area contributed by atoms with Gasteiger partial charge in [0.1, 0.15) is 5.75 Å². The van der Waals surface area contributed by atoms with Crippen LogP contribution in [0.4, 0.5) is 5.69 Å². The molecule has 1 aromatic heterocycles. The van der Waals surface area contributed by atoms with E-state index in [0.717, 1.165) is 11.1 Å². The molecule has 1 atom stereocenters. The first-order valence-electron chi connectivity index (χ1n) is 6.86. The number of nitrogens with zero attached hydrogens (tertiary/aromatic N) is 1. The van der Waals surface area contributed by atoms with Crippen LogP contribution >= 0.6 is 12.4 Å². The second-order valence-corrected chi connectivity index (χ2v) is 4.63. The maximum Gasteiger partial charge on any atom is 0.241 e. The molecule has 0 aliphatic rings. The third-order valence-corrected chi connectivity index (χ3v) is 2.95. The molecule has 1 heterocycles. The summed E-state index contributed by atoms with van der Waals surface area (Å²) in [6.07, 6.45) is 3.44. The fourth-order valence-corrected chi connectivity index (χ4v) is 1.97. The van der Waals surface area contributed by atoms with Gasteiger partial charge < -0.3 is 15.8 Å². The molecule has 0 aliphatic carbocycles. The van der Waals surface area contributed by atoms with E-state index in [1.807, 2.05) is 37.3 Å². The van der Waals surface area contributed by atoms with Gasteiger partial charge in [-0.15, -0.1) is 12.4 Å². The third kappa shape index (κ3) is 4.19. The van der Waals surface area contributed by atoms with Gasteiger partial charge in [-0.2, -0.15) is 0 Å². The molecule has 5 nitrogen and oxygen atoms in total. The number of hydrogen-bond donors (Lipinski definition) is 2. The van der Waals surface area contributed by atoms with E-state index in [2.05, 4.69) is 10.3 Å². The predicted molar refractivity (Wildman–Crippen MR) is 90.4 cm³/mol. The lowest BCUT2D eigenvalue weighted by Gasteiger charge is -2.16. The zero-order chi connectivity index (χ0) is 15.2. The van der Waals surface area contributed by atoms with Gasteiger partial charge in [-0.25, -0.2) is 0 Å². The van der Waals surface area contributed by atoms with Gasteiger partial charge in [0.15, 0.2) is 0 Å². The van der Waals surface area contributed by atoms with Crippen molar-refractivity contribution in [2.75, 3.05) is 11.9 Å². The smallest absolute Gasteiger partial charge is 0.241 e. The van der Waals surface area contributed by atoms with Gasteiger partial charge in [-0.05, 0) is 32.0 Å². The van der Waals surface area contributed by atoms with Gasteiger partial charge in [0, 0.05) is 23.5 Å². The number of halogens is 1. The van der Waals surface area contributed by atoms with Gasteiger partial charge >= 0.3 is 0 Å². The standard InChI is InChI=1S/C16H19N3O2.ClH/c1-3-21-14-8-4-7-13(19-16(20)11(2)17)15(14)12-6-5-9-18-10-12;/h4-11H,3,17H2,1-2H3,(H,19,20);1H. The summed E-state index contributed by atoms with van der Waals surface area (Å²) in [5, 5.41) is 2.84. The summed E-state index contributed by atoms with van der Waals surface area (Å²) in [5.41, 5.74) is 7.96. The fraction of sp³-hybridized carbons (Fsp3) is 0.250. The molecule has 0 bridgehead atoms. The molecule has 0 radical (unpaired) electrons. The van der Waals surface area contributed by atoms with Gasteiger partial charge in [0.2, 0.25) is 5.91 Å². The summed E-state index contributed by atoms with van der Waals surface area (Å²) in [4.78, 5) is 16.0. The van der Waals surface area contributed by atoms with Crippen molar-refractivity contribution in [3.8, 4) is 16.9 Å². The van der Waals surface area contributed by atoms with Crippen LogP contribution in [0.1, 0.15) is 13.8 Å². The van der Waals surface area contributed by atoms with E-state index in [1.54, 1.807) is 19.3 Å². The highest BCUT2D eigenvalue weighted by molar-refractivity contribution is 5.99. The van der Waals surface area contributed by atoms with E-state index in [-0.39, 0.29) is 18.3 Å². The molecule has 22 heavy (non-hydrogen) atoms. The lowest BCUT2D eigenvalue weighted by Crippen LogP contribution is -2.32. The minimum atomic E-state index is -0.581. The van der Waals surface area contributed by atoms with E-state index >= 15 is 0 Å². The molecule has 1 amide bonds. The molecule has 6 heteroatoms. The molecule has 0 spiro atoms. The van der Waals surface area contributed by atoms with Crippen molar-refractivity contribution in [2.45, 2.75) is 19.9 Å². The first kappa shape index (κ1) is 17.9. The lowest BCUT2D eigenvalue weighted by molar-refractivity contribution is -0.117. The fourth-order valence-electron chi connectivity index (χ4n) is 1.97. The second kappa shape index (κ2) is 8.36. The summed E-state index contributed by atoms with van der Waals surface area (Å²) in [6, 6.07) is 8.71. The number of benzene rings is 1. The molecule has 2 rings (SSSR count). The number of aromatic nitrogens is 1. The number of carbonyl (C=O) groups is 1. The van der Waals surface area contributed by atoms with Crippen LogP contribution in [0.2, 0.25) is 0 Å². The van der Waals surface area contributed by atoms with Crippen molar-refractivity contribution in [1.82, 2.24) is 4.98 Å². The monoisotopic (exact) mass is 321 g/mol. The lowest BCUT2D eigenvalue weighted by atomic mass is 10.0. The minimum Gasteiger partial charge on any atom is -0.493 e. The molecular weight excluding hydrogens is 302 g/mol. The Morgan fingerprint density at radius 2 is 2.14 bits per heavy atom. The summed E-state index contributed by atoms with van der Waals surface area (Å²) in [6.45, 7) is 4.10. The van der Waals surface area contributed by atoms with E-state index in [4.69, 9.17) is 10.5 Å². The normalized spacial score (nSPS) is 11.2. The van der Waals surface area contributed by atoms with Crippen LogP contribution in [0.5, 0.6) is 5.75 Å². The van der Waals surface area contributed by atoms with Gasteiger partial charge in [0.25, 0.3) is 0 Å². The Balaban J connectivity index is 0.00000242. The molecule has 0 saturated carbocycles. The van der Waals surface area contributed by atoms with Gasteiger partial charge in [-0.1, -0.05) is 12.1 Å². The number of pyridine rings is 1. The number of nitrogens with two attached hydrogens (primary N) is 1. The number of ether oxygens (including phenoxy) is 1. The molecule has 2 aromatic rings. The largest absolute Gasteiger partial charge is 0.493 e. The molecule has 0 saturated heterocycles. The molecule has 1 unspecified atom stereocenters. The van der Waals surface area contributed by atoms with Crippen molar-refractivity contribution >= 4 is 24.0 Å². The highest BCUT2D eigenvalue weighted by Gasteiger charge is 2.15. The van der Waals surface area contributed by atoms with Crippen molar-refractivity contribution in [3.63, 3.8) is 0 Å². The number of anilines is 1. The summed E-state index contributed by atoms with van der Waals surface area (Å²) in [5.74, 6) is 0.460. The average molecular weight is 322 g/mol. The SMILES string of the molecule is CCOc1cccc(NC(=O)C(C)N)c1-c1cccnc1.Cl. The highest BCUT2D eigenvalue weighted by atomic mass is 35.5. The number of amides is 1. The van der Waals surface area contributed by atoms with Crippen molar-refractivity contribution in [2.24, 2.45) is 5.73 Å². The van der Waals surface area contributed by atoms with E-state index in [9.17, 15) is 4.79 Å². The molecule has 3 N–H and O–H groups in total. The number of carbonyl (C=O) groups excluding carboxylic acids is 1. The Morgan fingerprint density at radius 1 is 1.36 bits per heavy atom. The summed E-state index contributed by atoms with van der Waals surface area (Å²) < 4.78 is 5.66. The summed E-state index contributed by atoms with van der Waals surface area (Å²) >= 11 is 0. The average Bonchev–Trinajstić information content (AvgIpc) is 2.48. The Hall–Kier alpha value is -2.11. The quantitative estimate of drug-likeness (QED) is 0.887. The first-order valence-corrected chi connectivity index (χ1v) is 6.86. The Labute approximate surface area is 136 Å². The van der Waals surface area contributed by atoms with E-state index in [1.165, 1.54) is 0 Å². The maximum atomic E-state index is 11.9. The van der Waals surface area contributed by atoms with Crippen LogP contribution in [0.25, 0.3) is 11.1 Å². The van der Waals surface area contributed by atoms with E-state index in [0.29, 0.717) is 18.0 Å². The van der Waals surface area contributed by atoms with Crippen molar-refractivity contribution < 1.29 is 9.53 Å². The van der Waals surface area contributed by atoms with Gasteiger partial charge in [-0.3, -0.25) is 9.78 Å². The molecule has 0 fully saturated rings. The van der Waals surface area contributed by atoms with E-state index < -0.39 is 6.04 Å². The molecule has 1 aromatic carbocycles. The Bertz CT molecular complexity index is 618. The number of rotatable bonds is 5. The van der Waals surface area contributed by atoms with Gasteiger partial charge in [0.05, 0.1) is 18.3 Å². The summed E-state index contributed by atoms with van der Waals surface area (Å²) in [7, 11) is 0. The van der Waals surface area contributed by atoms with Crippen LogP contribution in [0, 0.1) is 0 Å². The maximum absolute atomic E-state index is 11.9.